The number of fused-ring (bicyclic) bond motifs is 1. The molecule has 1 aromatic rings. The van der Waals surface area contributed by atoms with Crippen molar-refractivity contribution in [3.63, 3.8) is 0 Å². The van der Waals surface area contributed by atoms with Gasteiger partial charge in [0.2, 0.25) is 0 Å². The quantitative estimate of drug-likeness (QED) is 0.378. The predicted molar refractivity (Wildman–Crippen MR) is 115 cm³/mol. The summed E-state index contributed by atoms with van der Waals surface area (Å²) in [5.41, 5.74) is 5.16. The summed E-state index contributed by atoms with van der Waals surface area (Å²) in [5, 5.41) is 0. The molecule has 1 atom stereocenters. The Morgan fingerprint density at radius 2 is 1.67 bits per heavy atom. The zero-order valence-corrected chi connectivity index (χ0v) is 19.1. The Bertz CT molecular complexity index is 592. The first-order valence-corrected chi connectivity index (χ1v) is 10.9. The summed E-state index contributed by atoms with van der Waals surface area (Å²) >= 11 is 7.15. The maximum Gasteiger partial charge on any atom is 0.0570 e. The van der Waals surface area contributed by atoms with Crippen molar-refractivity contribution in [3.05, 3.63) is 44.4 Å². The fourth-order valence-electron chi connectivity index (χ4n) is 3.95. The van der Waals surface area contributed by atoms with Crippen LogP contribution in [0, 0.1) is 0 Å². The van der Waals surface area contributed by atoms with Crippen molar-refractivity contribution in [1.29, 1.82) is 0 Å². The van der Waals surface area contributed by atoms with Crippen molar-refractivity contribution >= 4 is 31.9 Å². The molecule has 0 radical (unpaired) electrons. The lowest BCUT2D eigenvalue weighted by atomic mass is 9.62. The molecule has 0 nitrogen and oxygen atoms in total. The van der Waals surface area contributed by atoms with Crippen LogP contribution < -0.4 is 0 Å². The van der Waals surface area contributed by atoms with Gasteiger partial charge in [0.25, 0.3) is 0 Å². The van der Waals surface area contributed by atoms with Crippen LogP contribution in [0.2, 0.25) is 0 Å². The van der Waals surface area contributed by atoms with Crippen molar-refractivity contribution in [3.8, 4) is 0 Å². The number of benzene rings is 1. The van der Waals surface area contributed by atoms with Gasteiger partial charge in [-0.15, -0.1) is 0 Å². The highest BCUT2D eigenvalue weighted by Gasteiger charge is 2.37. The molecule has 0 bridgehead atoms. The Morgan fingerprint density at radius 3 is 2.25 bits per heavy atom. The maximum atomic E-state index is 3.57. The molecule has 0 fully saturated rings. The number of hydrogen-bond acceptors (Lipinski definition) is 0. The molecule has 0 N–H and O–H groups in total. The van der Waals surface area contributed by atoms with Crippen LogP contribution in [-0.2, 0) is 10.8 Å². The summed E-state index contributed by atoms with van der Waals surface area (Å²) in [6.07, 6.45) is 9.96. The molecule has 0 spiro atoms. The van der Waals surface area contributed by atoms with E-state index < -0.39 is 0 Å². The molecule has 24 heavy (non-hydrogen) atoms. The minimum absolute atomic E-state index is 0.282. The molecule has 134 valence electrons. The van der Waals surface area contributed by atoms with Gasteiger partial charge in [-0.05, 0) is 78.6 Å². The molecule has 0 heterocycles. The van der Waals surface area contributed by atoms with Crippen LogP contribution in [0.3, 0.4) is 0 Å². The Morgan fingerprint density at radius 1 is 1.04 bits per heavy atom. The van der Waals surface area contributed by atoms with Gasteiger partial charge in [0, 0.05) is 5.92 Å². The van der Waals surface area contributed by atoms with E-state index in [1.165, 1.54) is 44.1 Å². The van der Waals surface area contributed by atoms with Crippen LogP contribution in [0.4, 0.5) is 0 Å². The van der Waals surface area contributed by atoms with Gasteiger partial charge in [0.1, 0.15) is 0 Å². The number of halogens is 2. The van der Waals surface area contributed by atoms with E-state index in [9.17, 15) is 0 Å². The van der Waals surface area contributed by atoms with E-state index in [-0.39, 0.29) is 5.41 Å². The smallest absolute Gasteiger partial charge is 0.0570 e. The Kier molecular flexibility index (Phi) is 6.81. The highest BCUT2D eigenvalue weighted by atomic mass is 79.9. The molecule has 0 amide bonds. The topological polar surface area (TPSA) is 0 Å². The second kappa shape index (κ2) is 8.08. The molecule has 0 aliphatic heterocycles. The third-order valence-corrected chi connectivity index (χ3v) is 6.28. The fraction of sp³-hybridized carbons (Fsp3) is 0.636. The predicted octanol–water partition coefficient (Wildman–Crippen LogP) is 8.33. The van der Waals surface area contributed by atoms with Gasteiger partial charge in [0.05, 0.1) is 3.39 Å². The molecule has 1 aliphatic rings. The summed E-state index contributed by atoms with van der Waals surface area (Å²) in [6.45, 7) is 11.9. The molecule has 2 heteroatoms. The van der Waals surface area contributed by atoms with Gasteiger partial charge in [0.15, 0.2) is 0 Å². The van der Waals surface area contributed by atoms with Crippen molar-refractivity contribution in [2.24, 2.45) is 0 Å². The summed E-state index contributed by atoms with van der Waals surface area (Å²) in [6, 6.07) is 7.29. The van der Waals surface area contributed by atoms with E-state index in [4.69, 9.17) is 0 Å². The summed E-state index contributed by atoms with van der Waals surface area (Å²) < 4.78 is 1.06. The van der Waals surface area contributed by atoms with Crippen LogP contribution in [0.25, 0.3) is 0 Å². The van der Waals surface area contributed by atoms with Gasteiger partial charge >= 0.3 is 0 Å². The second-order valence-corrected chi connectivity index (χ2v) is 11.4. The average molecular weight is 456 g/mol. The molecule has 1 aromatic carbocycles. The number of allylic oxidation sites excluding steroid dienone is 1. The Balaban J connectivity index is 2.41. The molecule has 2 rings (SSSR count). The van der Waals surface area contributed by atoms with Crippen LogP contribution >= 0.6 is 31.9 Å². The molecule has 1 unspecified atom stereocenters. The zero-order valence-electron chi connectivity index (χ0n) is 15.9. The minimum atomic E-state index is 0.282. The van der Waals surface area contributed by atoms with Crippen LogP contribution in [-0.4, -0.2) is 0 Å². The SMILES string of the molecule is CCCCCC(C=C(Br)Br)c1ccc2c(c1)C(C)(C)CCC2(C)C. The summed E-state index contributed by atoms with van der Waals surface area (Å²) in [7, 11) is 0. The summed E-state index contributed by atoms with van der Waals surface area (Å²) in [5.74, 6) is 0.483. The third kappa shape index (κ3) is 4.75. The van der Waals surface area contributed by atoms with Gasteiger partial charge in [-0.1, -0.05) is 78.2 Å². The highest BCUT2D eigenvalue weighted by molar-refractivity contribution is 9.28. The normalized spacial score (nSPS) is 19.5. The van der Waals surface area contributed by atoms with Gasteiger partial charge in [-0.3, -0.25) is 0 Å². The van der Waals surface area contributed by atoms with Crippen molar-refractivity contribution in [2.45, 2.75) is 89.9 Å². The molecule has 0 aromatic heterocycles. The molecule has 1 aliphatic carbocycles. The molecular formula is C22H32Br2. The van der Waals surface area contributed by atoms with E-state index in [0.29, 0.717) is 11.3 Å². The first-order valence-electron chi connectivity index (χ1n) is 9.35. The van der Waals surface area contributed by atoms with Crippen LogP contribution in [0.15, 0.2) is 27.7 Å². The molecule has 0 saturated heterocycles. The van der Waals surface area contributed by atoms with E-state index in [1.807, 2.05) is 0 Å². The lowest BCUT2D eigenvalue weighted by molar-refractivity contribution is 0.331. The van der Waals surface area contributed by atoms with Crippen LogP contribution in [0.5, 0.6) is 0 Å². The number of unbranched alkanes of at least 4 members (excludes halogenated alkanes) is 2. The van der Waals surface area contributed by atoms with E-state index >= 15 is 0 Å². The standard InChI is InChI=1S/C22H32Br2/c1-6-7-8-9-16(15-20(23)24)17-10-11-18-19(14-17)22(4,5)13-12-21(18,2)3/h10-11,14-16H,6-9,12-13H2,1-5H3. The largest absolute Gasteiger partial charge is 0.0654 e. The second-order valence-electron chi connectivity index (χ2n) is 8.63. The first kappa shape index (κ1) is 20.2. The number of rotatable bonds is 6. The average Bonchev–Trinajstić information content (AvgIpc) is 2.50. The van der Waals surface area contributed by atoms with Crippen molar-refractivity contribution < 1.29 is 0 Å². The number of hydrogen-bond donors (Lipinski definition) is 0. The lowest BCUT2D eigenvalue weighted by Gasteiger charge is -2.42. The molecule has 0 saturated carbocycles. The van der Waals surface area contributed by atoms with E-state index in [0.717, 1.165) is 3.39 Å². The Hall–Kier alpha value is -0.0800. The zero-order chi connectivity index (χ0) is 18.0. The minimum Gasteiger partial charge on any atom is -0.0654 e. The van der Waals surface area contributed by atoms with Gasteiger partial charge in [-0.2, -0.15) is 0 Å². The monoisotopic (exact) mass is 454 g/mol. The lowest BCUT2D eigenvalue weighted by Crippen LogP contribution is -2.34. The summed E-state index contributed by atoms with van der Waals surface area (Å²) in [4.78, 5) is 0. The van der Waals surface area contributed by atoms with E-state index in [1.54, 1.807) is 11.1 Å². The third-order valence-electron chi connectivity index (χ3n) is 5.75. The van der Waals surface area contributed by atoms with E-state index in [2.05, 4.69) is 90.8 Å². The fourth-order valence-corrected chi connectivity index (χ4v) is 4.59. The highest BCUT2D eigenvalue weighted by Crippen LogP contribution is 2.46. The first-order chi connectivity index (χ1) is 11.2. The molecular weight excluding hydrogens is 424 g/mol. The van der Waals surface area contributed by atoms with Crippen molar-refractivity contribution in [2.75, 3.05) is 0 Å². The van der Waals surface area contributed by atoms with Gasteiger partial charge in [-0.25, -0.2) is 0 Å². The van der Waals surface area contributed by atoms with Gasteiger partial charge < -0.3 is 0 Å². The van der Waals surface area contributed by atoms with Crippen LogP contribution in [0.1, 0.15) is 95.8 Å². The van der Waals surface area contributed by atoms with Crippen molar-refractivity contribution in [1.82, 2.24) is 0 Å². The maximum absolute atomic E-state index is 3.57. The Labute approximate surface area is 165 Å².